The number of anilines is 2. The average molecular weight is 363 g/mol. The Kier molecular flexibility index (Phi) is 3.19. The first-order valence-corrected chi connectivity index (χ1v) is 8.73. The molecule has 9 heteroatoms. The van der Waals surface area contributed by atoms with Crippen molar-refractivity contribution in [3.63, 3.8) is 0 Å². The van der Waals surface area contributed by atoms with Gasteiger partial charge in [0.25, 0.3) is 10.0 Å². The van der Waals surface area contributed by atoms with Gasteiger partial charge in [0.2, 0.25) is 5.96 Å². The molecule has 3 aromatic rings. The molecular formula is C15H11ClN4O3S. The van der Waals surface area contributed by atoms with E-state index in [4.69, 9.17) is 11.6 Å². The van der Waals surface area contributed by atoms with Crippen LogP contribution < -0.4 is 10.6 Å². The largest absolute Gasteiger partial charge is 0.506 e. The molecule has 4 rings (SSSR count). The molecule has 1 aromatic heterocycles. The summed E-state index contributed by atoms with van der Waals surface area (Å²) in [6.45, 7) is 0. The van der Waals surface area contributed by atoms with Gasteiger partial charge < -0.3 is 20.7 Å². The second kappa shape index (κ2) is 5.15. The summed E-state index contributed by atoms with van der Waals surface area (Å²) in [4.78, 5) is 2.90. The van der Waals surface area contributed by atoms with Crippen LogP contribution in [0.2, 0.25) is 5.02 Å². The first-order valence-electron chi connectivity index (χ1n) is 6.92. The van der Waals surface area contributed by atoms with E-state index in [1.807, 2.05) is 18.2 Å². The summed E-state index contributed by atoms with van der Waals surface area (Å²) in [7, 11) is -3.99. The number of nitrogens with zero attached hydrogens (tertiary/aromatic N) is 1. The number of H-pyrrole nitrogens is 1. The number of aromatic hydroxyl groups is 1. The van der Waals surface area contributed by atoms with Crippen LogP contribution in [0, 0.1) is 0 Å². The second-order valence-corrected chi connectivity index (χ2v) is 7.22. The van der Waals surface area contributed by atoms with Crippen molar-refractivity contribution in [2.75, 3.05) is 10.6 Å². The van der Waals surface area contributed by atoms with Crippen molar-refractivity contribution in [1.29, 1.82) is 0 Å². The molecule has 4 N–H and O–H groups in total. The van der Waals surface area contributed by atoms with Gasteiger partial charge in [-0.3, -0.25) is 0 Å². The number of aromatic amines is 1. The van der Waals surface area contributed by atoms with Crippen LogP contribution in [-0.2, 0) is 10.0 Å². The first kappa shape index (κ1) is 14.9. The number of fused-ring (bicyclic) bond motifs is 2. The van der Waals surface area contributed by atoms with Crippen molar-refractivity contribution >= 4 is 49.9 Å². The van der Waals surface area contributed by atoms with Crippen molar-refractivity contribution < 1.29 is 13.5 Å². The molecule has 0 atom stereocenters. The number of phenolic OH excluding ortho intramolecular Hbond substituents is 1. The van der Waals surface area contributed by atoms with Crippen LogP contribution in [0.15, 0.2) is 51.9 Å². The number of aromatic nitrogens is 1. The highest BCUT2D eigenvalue weighted by Gasteiger charge is 2.28. The van der Waals surface area contributed by atoms with E-state index < -0.39 is 10.0 Å². The highest BCUT2D eigenvalue weighted by molar-refractivity contribution is 7.90. The highest BCUT2D eigenvalue weighted by atomic mass is 35.5. The van der Waals surface area contributed by atoms with Crippen molar-refractivity contribution in [2.24, 2.45) is 4.40 Å². The quantitative estimate of drug-likeness (QED) is 0.498. The van der Waals surface area contributed by atoms with Crippen LogP contribution in [0.5, 0.6) is 5.75 Å². The number of sulfonamides is 1. The van der Waals surface area contributed by atoms with Gasteiger partial charge in [0, 0.05) is 28.2 Å². The van der Waals surface area contributed by atoms with Crippen LogP contribution in [0.1, 0.15) is 0 Å². The SMILES string of the molecule is O=S1(=O)N=C(Nc2cccc3[nH]ccc23)Nc2c(O)cc(Cl)cc21. The monoisotopic (exact) mass is 362 g/mol. The molecule has 0 spiro atoms. The van der Waals surface area contributed by atoms with E-state index in [1.165, 1.54) is 12.1 Å². The Morgan fingerprint density at radius 2 is 2.04 bits per heavy atom. The molecule has 1 aliphatic heterocycles. The predicted molar refractivity (Wildman–Crippen MR) is 93.3 cm³/mol. The lowest BCUT2D eigenvalue weighted by Crippen LogP contribution is -2.28. The third-order valence-electron chi connectivity index (χ3n) is 3.63. The number of hydrogen-bond acceptors (Lipinski definition) is 5. The summed E-state index contributed by atoms with van der Waals surface area (Å²) in [5.41, 5.74) is 1.61. The maximum absolute atomic E-state index is 12.3. The smallest absolute Gasteiger partial charge is 0.287 e. The summed E-state index contributed by atoms with van der Waals surface area (Å²) >= 11 is 5.81. The van der Waals surface area contributed by atoms with Crippen molar-refractivity contribution in [1.82, 2.24) is 4.98 Å². The van der Waals surface area contributed by atoms with Crippen LogP contribution in [0.4, 0.5) is 11.4 Å². The maximum atomic E-state index is 12.3. The molecule has 0 amide bonds. The summed E-state index contributed by atoms with van der Waals surface area (Å²) in [5, 5.41) is 16.7. The van der Waals surface area contributed by atoms with Gasteiger partial charge >= 0.3 is 0 Å². The Morgan fingerprint density at radius 3 is 2.88 bits per heavy atom. The summed E-state index contributed by atoms with van der Waals surface area (Å²) < 4.78 is 28.4. The van der Waals surface area contributed by atoms with Gasteiger partial charge in [-0.25, -0.2) is 0 Å². The molecule has 2 heterocycles. The molecule has 0 saturated heterocycles. The highest BCUT2D eigenvalue weighted by Crippen LogP contribution is 2.37. The molecular weight excluding hydrogens is 352 g/mol. The fourth-order valence-electron chi connectivity index (χ4n) is 2.58. The van der Waals surface area contributed by atoms with E-state index in [0.717, 1.165) is 10.9 Å². The maximum Gasteiger partial charge on any atom is 0.287 e. The first-order chi connectivity index (χ1) is 11.4. The normalized spacial score (nSPS) is 15.5. The molecule has 0 bridgehead atoms. The van der Waals surface area contributed by atoms with Crippen molar-refractivity contribution in [3.05, 3.63) is 47.6 Å². The van der Waals surface area contributed by atoms with Crippen LogP contribution in [0.3, 0.4) is 0 Å². The average Bonchev–Trinajstić information content (AvgIpc) is 2.98. The minimum absolute atomic E-state index is 0.00572. The molecule has 0 unspecified atom stereocenters. The number of rotatable bonds is 1. The predicted octanol–water partition coefficient (Wildman–Crippen LogP) is 3.11. The van der Waals surface area contributed by atoms with Crippen LogP contribution >= 0.6 is 11.6 Å². The van der Waals surface area contributed by atoms with Gasteiger partial charge in [0.05, 0.1) is 5.69 Å². The third kappa shape index (κ3) is 2.36. The van der Waals surface area contributed by atoms with Gasteiger partial charge in [-0.2, -0.15) is 8.42 Å². The fourth-order valence-corrected chi connectivity index (χ4v) is 3.98. The van der Waals surface area contributed by atoms with E-state index >= 15 is 0 Å². The van der Waals surface area contributed by atoms with E-state index in [1.54, 1.807) is 12.3 Å². The molecule has 24 heavy (non-hydrogen) atoms. The van der Waals surface area contributed by atoms with Gasteiger partial charge in [-0.15, -0.1) is 4.40 Å². The summed E-state index contributed by atoms with van der Waals surface area (Å²) in [5.74, 6) is -0.274. The van der Waals surface area contributed by atoms with E-state index in [0.29, 0.717) is 5.69 Å². The molecule has 0 radical (unpaired) electrons. The lowest BCUT2D eigenvalue weighted by Gasteiger charge is -2.20. The molecule has 2 aromatic carbocycles. The Hall–Kier alpha value is -2.71. The zero-order valence-corrected chi connectivity index (χ0v) is 13.6. The number of phenols is 1. The Bertz CT molecular complexity index is 1110. The molecule has 0 saturated carbocycles. The molecule has 7 nitrogen and oxygen atoms in total. The van der Waals surface area contributed by atoms with Gasteiger partial charge in [-0.05, 0) is 24.3 Å². The van der Waals surface area contributed by atoms with Crippen LogP contribution in [0.25, 0.3) is 10.9 Å². The molecule has 122 valence electrons. The number of nitrogens with one attached hydrogen (secondary N) is 3. The Balaban J connectivity index is 1.79. The molecule has 1 aliphatic rings. The van der Waals surface area contributed by atoms with Gasteiger partial charge in [0.15, 0.2) is 0 Å². The minimum Gasteiger partial charge on any atom is -0.506 e. The van der Waals surface area contributed by atoms with Crippen molar-refractivity contribution in [2.45, 2.75) is 4.90 Å². The Labute approximate surface area is 142 Å². The second-order valence-electron chi connectivity index (χ2n) is 5.21. The van der Waals surface area contributed by atoms with Crippen molar-refractivity contribution in [3.8, 4) is 5.75 Å². The lowest BCUT2D eigenvalue weighted by molar-refractivity contribution is 0.476. The fraction of sp³-hybridized carbons (Fsp3) is 0. The van der Waals surface area contributed by atoms with E-state index in [2.05, 4.69) is 20.0 Å². The molecule has 0 fully saturated rings. The topological polar surface area (TPSA) is 107 Å². The zero-order chi connectivity index (χ0) is 16.9. The minimum atomic E-state index is -3.99. The number of halogens is 1. The third-order valence-corrected chi connectivity index (χ3v) is 5.15. The number of benzene rings is 2. The van der Waals surface area contributed by atoms with E-state index in [9.17, 15) is 13.5 Å². The summed E-state index contributed by atoms with van der Waals surface area (Å²) in [6.07, 6.45) is 1.78. The standard InChI is InChI=1S/C15H11ClN4O3S/c16-8-6-12(21)14-13(7-8)24(22,23)20-15(19-14)18-11-3-1-2-10-9(11)4-5-17-10/h1-7,17,21H,(H2,18,19,20). The number of guanidine groups is 1. The molecule has 0 aliphatic carbocycles. The van der Waals surface area contributed by atoms with Gasteiger partial charge in [-0.1, -0.05) is 17.7 Å². The van der Waals surface area contributed by atoms with Gasteiger partial charge in [0.1, 0.15) is 16.3 Å². The number of hydrogen-bond donors (Lipinski definition) is 4. The summed E-state index contributed by atoms with van der Waals surface area (Å²) in [6, 6.07) is 9.89. The zero-order valence-electron chi connectivity index (χ0n) is 12.0. The van der Waals surface area contributed by atoms with Crippen LogP contribution in [-0.4, -0.2) is 24.5 Å². The van der Waals surface area contributed by atoms with E-state index in [-0.39, 0.29) is 27.3 Å². The lowest BCUT2D eigenvalue weighted by atomic mass is 10.2. The Morgan fingerprint density at radius 1 is 1.21 bits per heavy atom.